The third-order valence-electron chi connectivity index (χ3n) is 7.11. The van der Waals surface area contributed by atoms with Gasteiger partial charge in [-0.3, -0.25) is 0 Å². The Kier molecular flexibility index (Phi) is 16.2. The van der Waals surface area contributed by atoms with Gasteiger partial charge in [-0.25, -0.2) is 0 Å². The highest BCUT2D eigenvalue weighted by molar-refractivity contribution is 4.94. The smallest absolute Gasteiger partial charge is 0.0897 e. The lowest BCUT2D eigenvalue weighted by molar-refractivity contribution is 0.0305. The van der Waals surface area contributed by atoms with Crippen LogP contribution in [0.2, 0.25) is 0 Å². The molecule has 3 unspecified atom stereocenters. The maximum Gasteiger partial charge on any atom is 0.0897 e. The molecule has 0 aliphatic heterocycles. The normalized spacial score (nSPS) is 24.0. The molecule has 0 saturated heterocycles. The van der Waals surface area contributed by atoms with Crippen LogP contribution in [0.3, 0.4) is 0 Å². The average molecular weight is 455 g/mol. The molecule has 0 amide bonds. The van der Waals surface area contributed by atoms with Crippen molar-refractivity contribution in [3.8, 4) is 0 Å². The molecule has 3 atom stereocenters. The molecule has 4 N–H and O–H groups in total. The summed E-state index contributed by atoms with van der Waals surface area (Å²) in [6.45, 7) is 12.0. The maximum atomic E-state index is 10.2. The first-order valence-electron chi connectivity index (χ1n) is 14.0. The molecule has 192 valence electrons. The van der Waals surface area contributed by atoms with Gasteiger partial charge in [-0.1, -0.05) is 105 Å². The zero-order valence-electron chi connectivity index (χ0n) is 22.2. The molecule has 1 aliphatic carbocycles. The van der Waals surface area contributed by atoms with E-state index in [4.69, 9.17) is 10.5 Å². The minimum Gasteiger partial charge on any atom is -0.389 e. The van der Waals surface area contributed by atoms with Crippen molar-refractivity contribution in [3.05, 3.63) is 0 Å². The average Bonchev–Trinajstić information content (AvgIpc) is 2.69. The van der Waals surface area contributed by atoms with Crippen molar-refractivity contribution < 1.29 is 9.84 Å². The lowest BCUT2D eigenvalue weighted by Gasteiger charge is -2.46. The highest BCUT2D eigenvalue weighted by Crippen LogP contribution is 2.45. The second kappa shape index (κ2) is 17.3. The first kappa shape index (κ1) is 29.9. The van der Waals surface area contributed by atoms with E-state index in [-0.39, 0.29) is 5.41 Å². The number of ether oxygens (including phenoxy) is 1. The molecule has 0 aromatic rings. The fraction of sp³-hybridized carbons (Fsp3) is 1.00. The van der Waals surface area contributed by atoms with Crippen LogP contribution < -0.4 is 11.1 Å². The van der Waals surface area contributed by atoms with Crippen molar-refractivity contribution in [1.29, 1.82) is 0 Å². The summed E-state index contributed by atoms with van der Waals surface area (Å²) < 4.78 is 5.70. The van der Waals surface area contributed by atoms with E-state index >= 15 is 0 Å². The number of nitrogens with two attached hydrogens (primary N) is 1. The van der Waals surface area contributed by atoms with E-state index in [0.717, 1.165) is 32.4 Å². The Bertz CT molecular complexity index is 443. The van der Waals surface area contributed by atoms with Crippen LogP contribution in [0.5, 0.6) is 0 Å². The summed E-state index contributed by atoms with van der Waals surface area (Å²) in [5.74, 6) is 0. The maximum absolute atomic E-state index is 10.2. The minimum absolute atomic E-state index is 0.219. The van der Waals surface area contributed by atoms with Crippen LogP contribution in [0.25, 0.3) is 0 Å². The number of hydrogen-bond acceptors (Lipinski definition) is 4. The number of aliphatic hydroxyl groups excluding tert-OH is 1. The van der Waals surface area contributed by atoms with Crippen LogP contribution in [-0.4, -0.2) is 43.6 Å². The molecule has 4 nitrogen and oxygen atoms in total. The molecule has 0 bridgehead atoms. The number of unbranched alkanes of at least 4 members (excludes halogenated alkanes) is 12. The second-order valence-electron chi connectivity index (χ2n) is 11.9. The summed E-state index contributed by atoms with van der Waals surface area (Å²) in [5, 5.41) is 13.7. The first-order chi connectivity index (χ1) is 15.3. The van der Waals surface area contributed by atoms with Gasteiger partial charge < -0.3 is 20.9 Å². The minimum atomic E-state index is -0.425. The van der Waals surface area contributed by atoms with Crippen molar-refractivity contribution in [2.75, 3.05) is 26.3 Å². The van der Waals surface area contributed by atoms with Gasteiger partial charge in [0.1, 0.15) is 0 Å². The zero-order chi connectivity index (χ0) is 23.7. The molecule has 32 heavy (non-hydrogen) atoms. The van der Waals surface area contributed by atoms with Gasteiger partial charge in [-0.15, -0.1) is 0 Å². The van der Waals surface area contributed by atoms with Crippen LogP contribution >= 0.6 is 0 Å². The molecule has 0 spiro atoms. The lowest BCUT2D eigenvalue weighted by atomic mass is 9.63. The quantitative estimate of drug-likeness (QED) is 0.182. The molecule has 1 rings (SSSR count). The second-order valence-corrected chi connectivity index (χ2v) is 11.9. The molecule has 1 aliphatic rings. The third kappa shape index (κ3) is 15.6. The molecule has 0 aromatic heterocycles. The summed E-state index contributed by atoms with van der Waals surface area (Å²) in [4.78, 5) is 0. The number of rotatable bonds is 20. The Balaban J connectivity index is 1.88. The largest absolute Gasteiger partial charge is 0.389 e. The number of nitrogens with one attached hydrogen (secondary N) is 1. The van der Waals surface area contributed by atoms with E-state index < -0.39 is 6.10 Å². The molecule has 4 heteroatoms. The van der Waals surface area contributed by atoms with Gasteiger partial charge in [0, 0.05) is 25.7 Å². The van der Waals surface area contributed by atoms with Crippen LogP contribution in [0.4, 0.5) is 0 Å². The fourth-order valence-electron chi connectivity index (χ4n) is 5.89. The van der Waals surface area contributed by atoms with Gasteiger partial charge in [0.05, 0.1) is 12.7 Å². The Morgan fingerprint density at radius 3 is 1.94 bits per heavy atom. The van der Waals surface area contributed by atoms with E-state index in [0.29, 0.717) is 24.6 Å². The van der Waals surface area contributed by atoms with Crippen molar-refractivity contribution in [2.24, 2.45) is 16.6 Å². The van der Waals surface area contributed by atoms with Crippen molar-refractivity contribution in [3.63, 3.8) is 0 Å². The summed E-state index contributed by atoms with van der Waals surface area (Å²) in [6.07, 6.45) is 20.7. The van der Waals surface area contributed by atoms with Crippen LogP contribution in [0.15, 0.2) is 0 Å². The standard InChI is InChI=1S/C28H58N2O2/c1-5-6-7-8-9-10-11-12-13-14-15-16-17-18-32-22-26(31)21-30-24-28(4)20-25(29)19-27(2,3)23-28/h25-26,30-31H,5-24,29H2,1-4H3. The lowest BCUT2D eigenvalue weighted by Crippen LogP contribution is -2.47. The van der Waals surface area contributed by atoms with Crippen LogP contribution in [0.1, 0.15) is 130 Å². The summed E-state index contributed by atoms with van der Waals surface area (Å²) in [6, 6.07) is 0.291. The highest BCUT2D eigenvalue weighted by Gasteiger charge is 2.39. The van der Waals surface area contributed by atoms with E-state index in [9.17, 15) is 5.11 Å². The first-order valence-corrected chi connectivity index (χ1v) is 14.0. The number of hydrogen-bond donors (Lipinski definition) is 3. The van der Waals surface area contributed by atoms with Gasteiger partial charge in [0.15, 0.2) is 0 Å². The van der Waals surface area contributed by atoms with E-state index in [2.05, 4.69) is 33.0 Å². The van der Waals surface area contributed by atoms with Gasteiger partial charge >= 0.3 is 0 Å². The Labute approximate surface area is 200 Å². The number of aliphatic hydroxyl groups is 1. The predicted molar refractivity (Wildman–Crippen MR) is 139 cm³/mol. The molecular formula is C28H58N2O2. The molecule has 1 saturated carbocycles. The van der Waals surface area contributed by atoms with Gasteiger partial charge in [-0.05, 0) is 36.5 Å². The molecule has 0 aromatic carbocycles. The molecule has 1 fully saturated rings. The van der Waals surface area contributed by atoms with Crippen LogP contribution in [0, 0.1) is 10.8 Å². The summed E-state index contributed by atoms with van der Waals surface area (Å²) in [7, 11) is 0. The van der Waals surface area contributed by atoms with E-state index in [1.807, 2.05) is 0 Å². The predicted octanol–water partition coefficient (Wildman–Crippen LogP) is 6.59. The zero-order valence-corrected chi connectivity index (χ0v) is 22.2. The topological polar surface area (TPSA) is 67.5 Å². The van der Waals surface area contributed by atoms with Crippen LogP contribution in [-0.2, 0) is 4.74 Å². The van der Waals surface area contributed by atoms with Crippen molar-refractivity contribution >= 4 is 0 Å². The third-order valence-corrected chi connectivity index (χ3v) is 7.11. The van der Waals surface area contributed by atoms with E-state index in [1.54, 1.807) is 0 Å². The summed E-state index contributed by atoms with van der Waals surface area (Å²) >= 11 is 0. The Morgan fingerprint density at radius 1 is 0.875 bits per heavy atom. The van der Waals surface area contributed by atoms with Crippen molar-refractivity contribution in [2.45, 2.75) is 143 Å². The fourth-order valence-corrected chi connectivity index (χ4v) is 5.89. The van der Waals surface area contributed by atoms with E-state index in [1.165, 1.54) is 83.5 Å². The Hall–Kier alpha value is -0.160. The van der Waals surface area contributed by atoms with Gasteiger partial charge in [0.25, 0.3) is 0 Å². The van der Waals surface area contributed by atoms with Gasteiger partial charge in [-0.2, -0.15) is 0 Å². The molecule has 0 heterocycles. The SMILES string of the molecule is CCCCCCCCCCCCCCCOCC(O)CNCC1(C)CC(N)CC(C)(C)C1. The summed E-state index contributed by atoms with van der Waals surface area (Å²) in [5.41, 5.74) is 6.82. The van der Waals surface area contributed by atoms with Gasteiger partial charge in [0.2, 0.25) is 0 Å². The molecule has 0 radical (unpaired) electrons. The van der Waals surface area contributed by atoms with Crippen molar-refractivity contribution in [1.82, 2.24) is 5.32 Å². The molecular weight excluding hydrogens is 396 g/mol. The highest BCUT2D eigenvalue weighted by atomic mass is 16.5. The Morgan fingerprint density at radius 2 is 1.41 bits per heavy atom. The monoisotopic (exact) mass is 454 g/mol.